The molecule has 0 saturated carbocycles. The van der Waals surface area contributed by atoms with Crippen molar-refractivity contribution in [1.82, 2.24) is 9.62 Å². The monoisotopic (exact) mass is 471 g/mol. The van der Waals surface area contributed by atoms with E-state index in [1.807, 2.05) is 19.0 Å². The van der Waals surface area contributed by atoms with E-state index in [0.717, 1.165) is 5.56 Å². The molecule has 3 rings (SSSR count). The van der Waals surface area contributed by atoms with Gasteiger partial charge in [-0.1, -0.05) is 12.1 Å². The quantitative estimate of drug-likeness (QED) is 0.675. The van der Waals surface area contributed by atoms with Crippen LogP contribution in [0.25, 0.3) is 0 Å². The van der Waals surface area contributed by atoms with Crippen LogP contribution in [0.5, 0.6) is 5.75 Å². The first-order chi connectivity index (χ1) is 13.2. The Morgan fingerprint density at radius 3 is 2.61 bits per heavy atom. The number of nitrogens with one attached hydrogen (secondary N) is 2. The topological polar surface area (TPSA) is 87.7 Å². The zero-order valence-corrected chi connectivity index (χ0v) is 17.6. The van der Waals surface area contributed by atoms with Crippen molar-refractivity contribution in [3.05, 3.63) is 52.3 Å². The molecule has 1 aliphatic heterocycles. The molecular weight excluding hydrogens is 453 g/mol. The van der Waals surface area contributed by atoms with Crippen molar-refractivity contribution in [3.8, 4) is 5.75 Å². The van der Waals surface area contributed by atoms with Crippen LogP contribution < -0.4 is 14.8 Å². The first kappa shape index (κ1) is 20.7. The highest BCUT2D eigenvalue weighted by Crippen LogP contribution is 2.35. The average Bonchev–Trinajstić information content (AvgIpc) is 2.62. The number of amides is 1. The van der Waals surface area contributed by atoms with Gasteiger partial charge < -0.3 is 15.0 Å². The number of ether oxygens (including phenoxy) is 1. The van der Waals surface area contributed by atoms with Gasteiger partial charge in [-0.05, 0) is 53.8 Å². The Labute approximate surface area is 171 Å². The SMILES string of the molecule is CN(C)[C@@H](CNS(=O)(=O)c1cc2c(cc1Br)NC(=O)CO2)c1ccc(F)cc1. The van der Waals surface area contributed by atoms with E-state index in [1.165, 1.54) is 24.3 Å². The maximum absolute atomic E-state index is 13.2. The van der Waals surface area contributed by atoms with Crippen LogP contribution in [0.1, 0.15) is 11.6 Å². The van der Waals surface area contributed by atoms with Crippen LogP contribution in [-0.2, 0) is 14.8 Å². The maximum atomic E-state index is 13.2. The number of anilines is 1. The van der Waals surface area contributed by atoms with Crippen LogP contribution in [0.2, 0.25) is 0 Å². The zero-order chi connectivity index (χ0) is 20.5. The number of rotatable bonds is 6. The van der Waals surface area contributed by atoms with Crippen LogP contribution >= 0.6 is 15.9 Å². The molecule has 1 heterocycles. The van der Waals surface area contributed by atoms with Gasteiger partial charge in [-0.25, -0.2) is 17.5 Å². The number of fused-ring (bicyclic) bond motifs is 1. The summed E-state index contributed by atoms with van der Waals surface area (Å²) in [6.45, 7) is -0.0864. The molecule has 1 amide bonds. The summed E-state index contributed by atoms with van der Waals surface area (Å²) in [5.41, 5.74) is 1.18. The number of sulfonamides is 1. The Kier molecular flexibility index (Phi) is 6.04. The third-order valence-corrected chi connectivity index (χ3v) is 6.68. The minimum absolute atomic E-state index is 0.000916. The lowest BCUT2D eigenvalue weighted by molar-refractivity contribution is -0.118. The van der Waals surface area contributed by atoms with E-state index in [4.69, 9.17) is 4.74 Å². The standard InChI is InChI=1S/C18H19BrFN3O4S/c1-23(2)15(11-3-5-12(20)6-4-11)9-21-28(25,26)17-8-16-14(7-13(17)19)22-18(24)10-27-16/h3-8,15,21H,9-10H2,1-2H3,(H,22,24)/t15-/m0/s1. The fraction of sp³-hybridized carbons (Fsp3) is 0.278. The van der Waals surface area contributed by atoms with Crippen molar-refractivity contribution in [3.63, 3.8) is 0 Å². The van der Waals surface area contributed by atoms with Crippen molar-refractivity contribution >= 4 is 37.5 Å². The van der Waals surface area contributed by atoms with Gasteiger partial charge in [0.05, 0.1) is 10.6 Å². The lowest BCUT2D eigenvalue weighted by atomic mass is 10.1. The number of nitrogens with zero attached hydrogens (tertiary/aromatic N) is 1. The number of likely N-dealkylation sites (N-methyl/N-ethyl adjacent to an activating group) is 1. The van der Waals surface area contributed by atoms with Crippen molar-refractivity contribution in [2.75, 3.05) is 32.6 Å². The second-order valence-electron chi connectivity index (χ2n) is 6.50. The van der Waals surface area contributed by atoms with Crippen LogP contribution in [0.4, 0.5) is 10.1 Å². The molecule has 0 spiro atoms. The highest BCUT2D eigenvalue weighted by Gasteiger charge is 2.25. The third-order valence-electron chi connectivity index (χ3n) is 4.30. The van der Waals surface area contributed by atoms with E-state index >= 15 is 0 Å². The lowest BCUT2D eigenvalue weighted by Gasteiger charge is -2.25. The Hall–Kier alpha value is -2.01. The first-order valence-corrected chi connectivity index (χ1v) is 10.6. The molecule has 150 valence electrons. The molecule has 0 unspecified atom stereocenters. The minimum Gasteiger partial charge on any atom is -0.482 e. The minimum atomic E-state index is -3.87. The molecule has 0 bridgehead atoms. The van der Waals surface area contributed by atoms with Gasteiger partial charge in [0.15, 0.2) is 6.61 Å². The van der Waals surface area contributed by atoms with Crippen molar-refractivity contribution in [2.24, 2.45) is 0 Å². The normalized spacial score (nSPS) is 15.0. The summed E-state index contributed by atoms with van der Waals surface area (Å²) in [4.78, 5) is 13.2. The summed E-state index contributed by atoms with van der Waals surface area (Å²) in [6, 6.07) is 8.49. The highest BCUT2D eigenvalue weighted by molar-refractivity contribution is 9.10. The van der Waals surface area contributed by atoms with Gasteiger partial charge in [0.25, 0.3) is 5.91 Å². The average molecular weight is 472 g/mol. The summed E-state index contributed by atoms with van der Waals surface area (Å²) >= 11 is 3.24. The van der Waals surface area contributed by atoms with Crippen LogP contribution in [0.15, 0.2) is 45.8 Å². The number of benzene rings is 2. The molecule has 0 saturated heterocycles. The molecule has 2 aromatic carbocycles. The van der Waals surface area contributed by atoms with Gasteiger partial charge in [0, 0.05) is 23.1 Å². The molecule has 1 atom stereocenters. The molecular formula is C18H19BrFN3O4S. The van der Waals surface area contributed by atoms with E-state index in [9.17, 15) is 17.6 Å². The molecule has 2 N–H and O–H groups in total. The Balaban J connectivity index is 1.83. The Morgan fingerprint density at radius 1 is 1.29 bits per heavy atom. The molecule has 0 fully saturated rings. The van der Waals surface area contributed by atoms with Crippen molar-refractivity contribution in [1.29, 1.82) is 0 Å². The second kappa shape index (κ2) is 8.16. The summed E-state index contributed by atoms with van der Waals surface area (Å²) in [7, 11) is -0.247. The molecule has 0 aromatic heterocycles. The molecule has 1 aliphatic rings. The number of hydrogen-bond acceptors (Lipinski definition) is 5. The smallest absolute Gasteiger partial charge is 0.262 e. The number of carbonyl (C=O) groups excluding carboxylic acids is 1. The van der Waals surface area contributed by atoms with Gasteiger partial charge in [0.2, 0.25) is 10.0 Å². The number of halogens is 2. The van der Waals surface area contributed by atoms with Crippen LogP contribution in [-0.4, -0.2) is 46.5 Å². The van der Waals surface area contributed by atoms with Gasteiger partial charge in [0.1, 0.15) is 11.6 Å². The van der Waals surface area contributed by atoms with E-state index in [0.29, 0.717) is 10.2 Å². The third kappa shape index (κ3) is 4.52. The molecule has 2 aromatic rings. The Bertz CT molecular complexity index is 997. The summed E-state index contributed by atoms with van der Waals surface area (Å²) < 4.78 is 47.1. The highest BCUT2D eigenvalue weighted by atomic mass is 79.9. The largest absolute Gasteiger partial charge is 0.482 e. The van der Waals surface area contributed by atoms with E-state index in [2.05, 4.69) is 26.0 Å². The molecule has 0 aliphatic carbocycles. The van der Waals surface area contributed by atoms with E-state index < -0.39 is 10.0 Å². The van der Waals surface area contributed by atoms with Crippen molar-refractivity contribution in [2.45, 2.75) is 10.9 Å². The molecule has 7 nitrogen and oxygen atoms in total. The second-order valence-corrected chi connectivity index (χ2v) is 9.09. The fourth-order valence-corrected chi connectivity index (χ4v) is 4.93. The molecule has 0 radical (unpaired) electrons. The predicted molar refractivity (Wildman–Crippen MR) is 106 cm³/mol. The first-order valence-electron chi connectivity index (χ1n) is 8.35. The number of hydrogen-bond donors (Lipinski definition) is 2. The van der Waals surface area contributed by atoms with Crippen LogP contribution in [0.3, 0.4) is 0 Å². The predicted octanol–water partition coefficient (Wildman–Crippen LogP) is 2.50. The zero-order valence-electron chi connectivity index (χ0n) is 15.2. The van der Waals surface area contributed by atoms with Gasteiger partial charge >= 0.3 is 0 Å². The van der Waals surface area contributed by atoms with Gasteiger partial charge in [-0.2, -0.15) is 0 Å². The Morgan fingerprint density at radius 2 is 1.96 bits per heavy atom. The van der Waals surface area contributed by atoms with E-state index in [-0.39, 0.29) is 41.6 Å². The number of carbonyl (C=O) groups is 1. The summed E-state index contributed by atoms with van der Waals surface area (Å²) in [5.74, 6) is -0.376. The van der Waals surface area contributed by atoms with Gasteiger partial charge in [-0.3, -0.25) is 4.79 Å². The van der Waals surface area contributed by atoms with Crippen molar-refractivity contribution < 1.29 is 22.3 Å². The lowest BCUT2D eigenvalue weighted by Crippen LogP contribution is -2.35. The summed E-state index contributed by atoms with van der Waals surface area (Å²) in [6.07, 6.45) is 0. The van der Waals surface area contributed by atoms with Crippen LogP contribution in [0, 0.1) is 5.82 Å². The van der Waals surface area contributed by atoms with E-state index in [1.54, 1.807) is 12.1 Å². The maximum Gasteiger partial charge on any atom is 0.262 e. The molecule has 28 heavy (non-hydrogen) atoms. The van der Waals surface area contributed by atoms with Gasteiger partial charge in [-0.15, -0.1) is 0 Å². The fourth-order valence-electron chi connectivity index (χ4n) is 2.84. The molecule has 10 heteroatoms. The summed E-state index contributed by atoms with van der Waals surface area (Å²) in [5, 5.41) is 2.62.